The molecule has 0 aliphatic heterocycles. The molecule has 1 N–H and O–H groups in total. The molecule has 2 aromatic rings. The molecule has 2 rings (SSSR count). The number of nitrogens with zero attached hydrogens (tertiary/aromatic N) is 1. The molecule has 0 aliphatic carbocycles. The molecule has 0 fully saturated rings. The monoisotopic (exact) mass is 323 g/mol. The summed E-state index contributed by atoms with van der Waals surface area (Å²) in [5.74, 6) is 0.228. The minimum absolute atomic E-state index is 0.180. The van der Waals surface area contributed by atoms with Crippen LogP contribution in [0.15, 0.2) is 42.5 Å². The van der Waals surface area contributed by atoms with Gasteiger partial charge >= 0.3 is 5.97 Å². The van der Waals surface area contributed by atoms with Crippen molar-refractivity contribution >= 4 is 17.6 Å². The first-order chi connectivity index (χ1) is 11.6. The normalized spacial score (nSPS) is 10.8. The van der Waals surface area contributed by atoms with Gasteiger partial charge in [0.05, 0.1) is 30.9 Å². The molecule has 0 radical (unpaired) electrons. The van der Waals surface area contributed by atoms with E-state index in [-0.39, 0.29) is 5.56 Å². The lowest BCUT2D eigenvalue weighted by Gasteiger charge is -2.10. The number of ether oxygens (including phenoxy) is 2. The number of allylic oxidation sites excluding steroid dienone is 1. The van der Waals surface area contributed by atoms with Crippen molar-refractivity contribution in [2.45, 2.75) is 6.92 Å². The van der Waals surface area contributed by atoms with Gasteiger partial charge in [0.25, 0.3) is 0 Å². The van der Waals surface area contributed by atoms with Crippen molar-refractivity contribution in [3.63, 3.8) is 0 Å². The van der Waals surface area contributed by atoms with Gasteiger partial charge in [-0.3, -0.25) is 0 Å². The summed E-state index contributed by atoms with van der Waals surface area (Å²) >= 11 is 0. The highest BCUT2D eigenvalue weighted by Gasteiger charge is 2.07. The fourth-order valence-electron chi connectivity index (χ4n) is 2.19. The highest BCUT2D eigenvalue weighted by atomic mass is 16.5. The van der Waals surface area contributed by atoms with Crippen LogP contribution >= 0.6 is 0 Å². The second-order valence-electron chi connectivity index (χ2n) is 4.90. The highest BCUT2D eigenvalue weighted by molar-refractivity contribution is 5.92. The lowest BCUT2D eigenvalue weighted by Crippen LogP contribution is -1.96. The Bertz CT molecular complexity index is 801. The number of methoxy groups -OCH3 is 1. The van der Waals surface area contributed by atoms with Crippen molar-refractivity contribution in [1.82, 2.24) is 0 Å². The Labute approximate surface area is 140 Å². The predicted molar refractivity (Wildman–Crippen MR) is 91.0 cm³/mol. The third-order valence-corrected chi connectivity index (χ3v) is 3.36. The molecule has 122 valence electrons. The number of rotatable bonds is 6. The number of benzene rings is 2. The topological polar surface area (TPSA) is 79.5 Å². The van der Waals surface area contributed by atoms with Crippen LogP contribution in [-0.2, 0) is 0 Å². The summed E-state index contributed by atoms with van der Waals surface area (Å²) in [5.41, 5.74) is 2.05. The zero-order valence-corrected chi connectivity index (χ0v) is 13.4. The minimum atomic E-state index is -0.999. The Hall–Kier alpha value is -3.26. The zero-order chi connectivity index (χ0) is 17.5. The van der Waals surface area contributed by atoms with Crippen LogP contribution in [0, 0.1) is 11.3 Å². The smallest absolute Gasteiger partial charge is 0.335 e. The van der Waals surface area contributed by atoms with Crippen molar-refractivity contribution < 1.29 is 19.4 Å². The van der Waals surface area contributed by atoms with E-state index < -0.39 is 5.97 Å². The molecular weight excluding hydrogens is 306 g/mol. The summed E-state index contributed by atoms with van der Waals surface area (Å²) in [4.78, 5) is 10.9. The standard InChI is InChI=1S/C19H17NO4/c1-3-24-18-11-13(4-9-17(18)23-2)10-16(12-20)14-5-7-15(8-6-14)19(21)22/h4-11H,3H2,1-2H3,(H,21,22)/b16-10-. The SMILES string of the molecule is CCOc1cc(/C=C(/C#N)c2ccc(C(=O)O)cc2)ccc1OC. The van der Waals surface area contributed by atoms with Crippen LogP contribution in [0.4, 0.5) is 0 Å². The summed E-state index contributed by atoms with van der Waals surface area (Å²) in [6.07, 6.45) is 1.72. The second kappa shape index (κ2) is 7.84. The van der Waals surface area contributed by atoms with Crippen LogP contribution in [0.5, 0.6) is 11.5 Å². The van der Waals surface area contributed by atoms with Crippen molar-refractivity contribution in [3.8, 4) is 17.6 Å². The predicted octanol–water partition coefficient (Wildman–Crippen LogP) is 3.86. The summed E-state index contributed by atoms with van der Waals surface area (Å²) in [7, 11) is 1.57. The number of hydrogen-bond donors (Lipinski definition) is 1. The van der Waals surface area contributed by atoms with Gasteiger partial charge in [-0.2, -0.15) is 5.26 Å². The lowest BCUT2D eigenvalue weighted by molar-refractivity contribution is 0.0697. The maximum absolute atomic E-state index is 10.9. The quantitative estimate of drug-likeness (QED) is 0.645. The molecule has 5 nitrogen and oxygen atoms in total. The van der Waals surface area contributed by atoms with Crippen molar-refractivity contribution in [2.24, 2.45) is 0 Å². The van der Waals surface area contributed by atoms with E-state index >= 15 is 0 Å². The average molecular weight is 323 g/mol. The van der Waals surface area contributed by atoms with Crippen molar-refractivity contribution in [2.75, 3.05) is 13.7 Å². The van der Waals surface area contributed by atoms with Gasteiger partial charge in [-0.1, -0.05) is 18.2 Å². The van der Waals surface area contributed by atoms with Crippen LogP contribution in [0.2, 0.25) is 0 Å². The van der Waals surface area contributed by atoms with Crippen LogP contribution in [0.25, 0.3) is 11.6 Å². The molecule has 0 heterocycles. The maximum Gasteiger partial charge on any atom is 0.335 e. The zero-order valence-electron chi connectivity index (χ0n) is 13.4. The van der Waals surface area contributed by atoms with Crippen molar-refractivity contribution in [1.29, 1.82) is 5.26 Å². The van der Waals surface area contributed by atoms with E-state index in [0.717, 1.165) is 5.56 Å². The Kier molecular flexibility index (Phi) is 5.58. The number of carboxylic acids is 1. The van der Waals surface area contributed by atoms with E-state index in [0.29, 0.717) is 29.2 Å². The maximum atomic E-state index is 10.9. The fraction of sp³-hybridized carbons (Fsp3) is 0.158. The van der Waals surface area contributed by atoms with Gasteiger partial charge in [0.2, 0.25) is 0 Å². The van der Waals surface area contributed by atoms with E-state index in [4.69, 9.17) is 14.6 Å². The first-order valence-corrected chi connectivity index (χ1v) is 7.35. The highest BCUT2D eigenvalue weighted by Crippen LogP contribution is 2.29. The van der Waals surface area contributed by atoms with E-state index in [1.807, 2.05) is 13.0 Å². The van der Waals surface area contributed by atoms with E-state index in [1.165, 1.54) is 12.1 Å². The Balaban J connectivity index is 2.38. The Morgan fingerprint density at radius 3 is 2.38 bits per heavy atom. The largest absolute Gasteiger partial charge is 0.493 e. The van der Waals surface area contributed by atoms with Gasteiger partial charge in [-0.05, 0) is 48.4 Å². The van der Waals surface area contributed by atoms with E-state index in [9.17, 15) is 10.1 Å². The summed E-state index contributed by atoms with van der Waals surface area (Å²) < 4.78 is 10.8. The molecule has 0 amide bonds. The van der Waals surface area contributed by atoms with Gasteiger partial charge < -0.3 is 14.6 Å². The minimum Gasteiger partial charge on any atom is -0.493 e. The molecule has 24 heavy (non-hydrogen) atoms. The molecule has 0 unspecified atom stereocenters. The second-order valence-corrected chi connectivity index (χ2v) is 4.90. The van der Waals surface area contributed by atoms with Gasteiger partial charge in [-0.15, -0.1) is 0 Å². The molecule has 0 aliphatic rings. The van der Waals surface area contributed by atoms with Gasteiger partial charge in [0, 0.05) is 0 Å². The number of aromatic carboxylic acids is 1. The summed E-state index contributed by atoms with van der Waals surface area (Å²) in [6, 6.07) is 13.7. The average Bonchev–Trinajstić information content (AvgIpc) is 2.60. The third kappa shape index (κ3) is 3.93. The molecule has 5 heteroatoms. The first-order valence-electron chi connectivity index (χ1n) is 7.35. The Morgan fingerprint density at radius 2 is 1.83 bits per heavy atom. The molecule has 0 aromatic heterocycles. The van der Waals surface area contributed by atoms with E-state index in [1.54, 1.807) is 37.5 Å². The molecule has 0 bridgehead atoms. The first kappa shape index (κ1) is 17.1. The molecule has 0 saturated heterocycles. The van der Waals surface area contributed by atoms with Crippen LogP contribution in [-0.4, -0.2) is 24.8 Å². The molecule has 0 spiro atoms. The van der Waals surface area contributed by atoms with Gasteiger partial charge in [0.1, 0.15) is 0 Å². The lowest BCUT2D eigenvalue weighted by atomic mass is 10.0. The Morgan fingerprint density at radius 1 is 1.17 bits per heavy atom. The van der Waals surface area contributed by atoms with Gasteiger partial charge in [0.15, 0.2) is 11.5 Å². The fourth-order valence-corrected chi connectivity index (χ4v) is 2.19. The molecular formula is C19H17NO4. The van der Waals surface area contributed by atoms with Crippen LogP contribution in [0.1, 0.15) is 28.4 Å². The van der Waals surface area contributed by atoms with E-state index in [2.05, 4.69) is 6.07 Å². The molecule has 2 aromatic carbocycles. The van der Waals surface area contributed by atoms with Gasteiger partial charge in [-0.25, -0.2) is 4.79 Å². The van der Waals surface area contributed by atoms with Crippen LogP contribution in [0.3, 0.4) is 0 Å². The number of carbonyl (C=O) groups is 1. The van der Waals surface area contributed by atoms with Crippen LogP contribution < -0.4 is 9.47 Å². The third-order valence-electron chi connectivity index (χ3n) is 3.36. The number of hydrogen-bond acceptors (Lipinski definition) is 4. The number of carboxylic acid groups (broad SMARTS) is 1. The molecule has 0 atom stereocenters. The number of nitriles is 1. The van der Waals surface area contributed by atoms with Crippen molar-refractivity contribution in [3.05, 3.63) is 59.2 Å². The summed E-state index contributed by atoms with van der Waals surface area (Å²) in [5, 5.41) is 18.3. The molecule has 0 saturated carbocycles. The summed E-state index contributed by atoms with van der Waals surface area (Å²) in [6.45, 7) is 2.39.